The quantitative estimate of drug-likeness (QED) is 0.845. The zero-order chi connectivity index (χ0) is 17.8. The van der Waals surface area contributed by atoms with Crippen LogP contribution in [0.5, 0.6) is 5.75 Å². The number of ether oxygens (including phenoxy) is 1. The van der Waals surface area contributed by atoms with E-state index in [1.54, 1.807) is 12.1 Å². The fourth-order valence-corrected chi connectivity index (χ4v) is 3.52. The van der Waals surface area contributed by atoms with Crippen molar-refractivity contribution < 1.29 is 13.9 Å². The third-order valence-corrected chi connectivity index (χ3v) is 5.01. The summed E-state index contributed by atoms with van der Waals surface area (Å²) in [6.07, 6.45) is 5.36. The average Bonchev–Trinajstić information content (AvgIpc) is 2.60. The van der Waals surface area contributed by atoms with E-state index < -0.39 is 0 Å². The van der Waals surface area contributed by atoms with Crippen molar-refractivity contribution in [1.29, 1.82) is 0 Å². The van der Waals surface area contributed by atoms with Crippen molar-refractivity contribution in [2.75, 3.05) is 6.61 Å². The van der Waals surface area contributed by atoms with Crippen LogP contribution in [0.4, 0.5) is 0 Å². The van der Waals surface area contributed by atoms with E-state index >= 15 is 0 Å². The topological polar surface area (TPSA) is 68.5 Å². The van der Waals surface area contributed by atoms with Crippen molar-refractivity contribution in [2.45, 2.75) is 52.0 Å². The highest BCUT2D eigenvalue weighted by atomic mass is 16.5. The van der Waals surface area contributed by atoms with Crippen LogP contribution in [0.2, 0.25) is 0 Å². The summed E-state index contributed by atoms with van der Waals surface area (Å²) in [5.41, 5.74) is 1.07. The molecule has 1 heterocycles. The molecule has 134 valence electrons. The minimum atomic E-state index is -0.370. The Morgan fingerprint density at radius 2 is 2.08 bits per heavy atom. The van der Waals surface area contributed by atoms with Crippen molar-refractivity contribution >= 4 is 16.9 Å². The number of nitrogens with one attached hydrogen (secondary N) is 1. The third kappa shape index (κ3) is 4.21. The number of fused-ring (bicyclic) bond motifs is 1. The minimum absolute atomic E-state index is 0.0353. The number of carbonyl (C=O) groups is 1. The molecule has 1 amide bonds. The number of carbonyl (C=O) groups excluding carboxylic acids is 1. The van der Waals surface area contributed by atoms with E-state index in [-0.39, 0.29) is 24.2 Å². The van der Waals surface area contributed by atoms with Gasteiger partial charge in [0.15, 0.2) is 6.61 Å². The summed E-state index contributed by atoms with van der Waals surface area (Å²) in [6.45, 7) is 4.14. The highest BCUT2D eigenvalue weighted by Gasteiger charge is 2.22. The Morgan fingerprint density at radius 3 is 2.84 bits per heavy atom. The molecule has 5 nitrogen and oxygen atoms in total. The van der Waals surface area contributed by atoms with E-state index in [2.05, 4.69) is 12.2 Å². The van der Waals surface area contributed by atoms with Gasteiger partial charge in [0, 0.05) is 23.6 Å². The minimum Gasteiger partial charge on any atom is -0.484 e. The number of aryl methyl sites for hydroxylation is 1. The molecule has 25 heavy (non-hydrogen) atoms. The van der Waals surface area contributed by atoms with E-state index in [0.717, 1.165) is 30.2 Å². The average molecular weight is 343 g/mol. The Labute approximate surface area is 147 Å². The van der Waals surface area contributed by atoms with Crippen LogP contribution < -0.4 is 15.7 Å². The molecule has 0 aliphatic heterocycles. The first-order valence-corrected chi connectivity index (χ1v) is 9.05. The van der Waals surface area contributed by atoms with Crippen molar-refractivity contribution in [3.05, 3.63) is 40.2 Å². The molecule has 0 unspecified atom stereocenters. The van der Waals surface area contributed by atoms with Crippen molar-refractivity contribution in [3.8, 4) is 5.75 Å². The molecule has 2 aromatic rings. The molecule has 1 aliphatic carbocycles. The lowest BCUT2D eigenvalue weighted by Gasteiger charge is -2.29. The van der Waals surface area contributed by atoms with Gasteiger partial charge in [-0.25, -0.2) is 4.79 Å². The van der Waals surface area contributed by atoms with Gasteiger partial charge in [-0.15, -0.1) is 0 Å². The fourth-order valence-electron chi connectivity index (χ4n) is 3.52. The second kappa shape index (κ2) is 7.72. The summed E-state index contributed by atoms with van der Waals surface area (Å²) in [5, 5.41) is 3.96. The molecule has 1 fully saturated rings. The Bertz CT molecular complexity index is 811. The number of rotatable bonds is 5. The second-order valence-electron chi connectivity index (χ2n) is 6.83. The van der Waals surface area contributed by atoms with Crippen LogP contribution in [0.25, 0.3) is 11.0 Å². The largest absolute Gasteiger partial charge is 0.484 e. The van der Waals surface area contributed by atoms with Crippen LogP contribution in [0.15, 0.2) is 33.5 Å². The summed E-state index contributed by atoms with van der Waals surface area (Å²) in [4.78, 5) is 23.8. The summed E-state index contributed by atoms with van der Waals surface area (Å²) >= 11 is 0. The molecular weight excluding hydrogens is 318 g/mol. The van der Waals surface area contributed by atoms with Gasteiger partial charge in [-0.3, -0.25) is 4.79 Å². The Morgan fingerprint density at radius 1 is 1.28 bits per heavy atom. The first-order valence-electron chi connectivity index (χ1n) is 9.05. The van der Waals surface area contributed by atoms with Crippen LogP contribution in [0.3, 0.4) is 0 Å². The normalized spacial score (nSPS) is 20.4. The van der Waals surface area contributed by atoms with Crippen molar-refractivity contribution in [1.82, 2.24) is 5.32 Å². The molecule has 2 atom stereocenters. The van der Waals surface area contributed by atoms with Gasteiger partial charge in [0.1, 0.15) is 11.3 Å². The predicted molar refractivity (Wildman–Crippen MR) is 96.9 cm³/mol. The smallest absolute Gasteiger partial charge is 0.336 e. The van der Waals surface area contributed by atoms with Gasteiger partial charge < -0.3 is 14.5 Å². The molecule has 0 saturated heterocycles. The molecule has 0 spiro atoms. The first-order chi connectivity index (χ1) is 12.1. The van der Waals surface area contributed by atoms with Crippen LogP contribution in [0, 0.1) is 5.92 Å². The van der Waals surface area contributed by atoms with E-state index in [1.807, 2.05) is 13.0 Å². The predicted octanol–water partition coefficient (Wildman–Crippen LogP) is 3.43. The summed E-state index contributed by atoms with van der Waals surface area (Å²) in [7, 11) is 0. The maximum absolute atomic E-state index is 12.1. The van der Waals surface area contributed by atoms with Crippen LogP contribution >= 0.6 is 0 Å². The zero-order valence-corrected chi connectivity index (χ0v) is 14.8. The third-order valence-electron chi connectivity index (χ3n) is 5.01. The molecule has 3 rings (SSSR count). The van der Waals surface area contributed by atoms with Crippen LogP contribution in [0.1, 0.15) is 45.1 Å². The maximum Gasteiger partial charge on any atom is 0.336 e. The van der Waals surface area contributed by atoms with Crippen molar-refractivity contribution in [2.24, 2.45) is 5.92 Å². The van der Waals surface area contributed by atoms with Crippen molar-refractivity contribution in [3.63, 3.8) is 0 Å². The van der Waals surface area contributed by atoms with E-state index in [0.29, 0.717) is 17.3 Å². The van der Waals surface area contributed by atoms with Gasteiger partial charge in [-0.05, 0) is 42.9 Å². The number of amides is 1. The zero-order valence-electron chi connectivity index (χ0n) is 14.8. The number of hydrogen-bond acceptors (Lipinski definition) is 4. The fraction of sp³-hybridized carbons (Fsp3) is 0.500. The Hall–Kier alpha value is -2.30. The summed E-state index contributed by atoms with van der Waals surface area (Å²) < 4.78 is 10.8. The van der Waals surface area contributed by atoms with Crippen LogP contribution in [-0.4, -0.2) is 18.6 Å². The Kier molecular flexibility index (Phi) is 5.41. The number of hydrogen-bond donors (Lipinski definition) is 1. The van der Waals surface area contributed by atoms with Gasteiger partial charge in [0.25, 0.3) is 5.91 Å². The van der Waals surface area contributed by atoms with Gasteiger partial charge in [-0.2, -0.15) is 0 Å². The van der Waals surface area contributed by atoms with Crippen LogP contribution in [-0.2, 0) is 11.2 Å². The van der Waals surface area contributed by atoms with E-state index in [4.69, 9.17) is 9.15 Å². The highest BCUT2D eigenvalue weighted by Crippen LogP contribution is 2.24. The van der Waals surface area contributed by atoms with E-state index in [1.165, 1.54) is 18.9 Å². The molecule has 1 aromatic heterocycles. The SMILES string of the molecule is CCc1cc(=O)oc2cc(OCC(=O)N[C@@H]3CCCC[C@H]3C)ccc12. The van der Waals surface area contributed by atoms with Gasteiger partial charge in [-0.1, -0.05) is 26.7 Å². The lowest BCUT2D eigenvalue weighted by atomic mass is 9.86. The molecule has 1 N–H and O–H groups in total. The maximum atomic E-state index is 12.1. The molecule has 5 heteroatoms. The Balaban J connectivity index is 1.64. The monoisotopic (exact) mass is 343 g/mol. The highest BCUT2D eigenvalue weighted by molar-refractivity contribution is 5.82. The van der Waals surface area contributed by atoms with Gasteiger partial charge >= 0.3 is 5.63 Å². The lowest BCUT2D eigenvalue weighted by molar-refractivity contribution is -0.124. The summed E-state index contributed by atoms with van der Waals surface area (Å²) in [6, 6.07) is 7.10. The molecular formula is C20H25NO4. The van der Waals surface area contributed by atoms with Gasteiger partial charge in [0.05, 0.1) is 0 Å². The molecule has 0 bridgehead atoms. The summed E-state index contributed by atoms with van der Waals surface area (Å²) in [5.74, 6) is 0.929. The van der Waals surface area contributed by atoms with E-state index in [9.17, 15) is 9.59 Å². The standard InChI is InChI=1S/C20H25NO4/c1-3-14-10-20(23)25-18-11-15(8-9-16(14)18)24-12-19(22)21-17-7-5-4-6-13(17)2/h8-11,13,17H,3-7,12H2,1-2H3,(H,21,22)/t13-,17-/m1/s1. The lowest BCUT2D eigenvalue weighted by Crippen LogP contribution is -2.43. The molecule has 1 saturated carbocycles. The molecule has 0 radical (unpaired) electrons. The molecule has 1 aromatic carbocycles. The van der Waals surface area contributed by atoms with Gasteiger partial charge in [0.2, 0.25) is 0 Å². The molecule has 1 aliphatic rings. The second-order valence-corrected chi connectivity index (χ2v) is 6.83. The number of benzene rings is 1. The first kappa shape index (κ1) is 17.5.